The number of amides is 2. The standard InChI is InChI=1S/C29H36Cl3N3O3.CH4/c1-29(2,3)38-28(37)34-14-4-5-20(18-34)6-13-27(36)33-15-16-35(25-12-11-23(31)17-24(25)32)26(19-33)21-7-9-22(30)10-8-21;/h7-12,17,20,26H,4-6,13-16,18-19H2,1-3H3;1H4/t20?,26-;/m0./s1. The predicted molar refractivity (Wildman–Crippen MR) is 161 cm³/mol. The Morgan fingerprint density at radius 3 is 2.28 bits per heavy atom. The largest absolute Gasteiger partial charge is 0.444 e. The first-order chi connectivity index (χ1) is 18.0. The van der Waals surface area contributed by atoms with E-state index in [1.165, 1.54) is 0 Å². The monoisotopic (exact) mass is 595 g/mol. The third-order valence-electron chi connectivity index (χ3n) is 7.14. The highest BCUT2D eigenvalue weighted by atomic mass is 35.5. The lowest BCUT2D eigenvalue weighted by atomic mass is 9.93. The van der Waals surface area contributed by atoms with Crippen molar-refractivity contribution in [1.82, 2.24) is 9.80 Å². The summed E-state index contributed by atoms with van der Waals surface area (Å²) in [5.41, 5.74) is 1.45. The van der Waals surface area contributed by atoms with Gasteiger partial charge in [-0.25, -0.2) is 4.79 Å². The van der Waals surface area contributed by atoms with Gasteiger partial charge in [0.15, 0.2) is 0 Å². The van der Waals surface area contributed by atoms with E-state index in [4.69, 9.17) is 39.5 Å². The van der Waals surface area contributed by atoms with Crippen LogP contribution in [0.3, 0.4) is 0 Å². The summed E-state index contributed by atoms with van der Waals surface area (Å²) in [6.07, 6.45) is 2.89. The number of anilines is 1. The fourth-order valence-corrected chi connectivity index (χ4v) is 5.90. The number of likely N-dealkylation sites (tertiary alicyclic amines) is 1. The highest BCUT2D eigenvalue weighted by molar-refractivity contribution is 6.36. The number of rotatable bonds is 5. The number of hydrogen-bond donors (Lipinski definition) is 0. The van der Waals surface area contributed by atoms with E-state index in [2.05, 4.69) is 4.90 Å². The summed E-state index contributed by atoms with van der Waals surface area (Å²) in [4.78, 5) is 31.9. The first kappa shape index (κ1) is 31.4. The van der Waals surface area contributed by atoms with Crippen LogP contribution in [0.4, 0.5) is 10.5 Å². The molecule has 0 spiro atoms. The molecule has 214 valence electrons. The van der Waals surface area contributed by atoms with Crippen LogP contribution in [0.1, 0.15) is 65.5 Å². The third kappa shape index (κ3) is 8.42. The number of carbonyl (C=O) groups excluding carboxylic acids is 2. The number of carbonyl (C=O) groups is 2. The molecule has 2 aliphatic rings. The maximum atomic E-state index is 13.4. The van der Waals surface area contributed by atoms with Crippen LogP contribution >= 0.6 is 34.8 Å². The zero-order chi connectivity index (χ0) is 27.4. The van der Waals surface area contributed by atoms with Crippen LogP contribution in [0.15, 0.2) is 42.5 Å². The van der Waals surface area contributed by atoms with Gasteiger partial charge < -0.3 is 19.4 Å². The van der Waals surface area contributed by atoms with Crippen LogP contribution in [0.5, 0.6) is 0 Å². The predicted octanol–water partition coefficient (Wildman–Crippen LogP) is 8.10. The summed E-state index contributed by atoms with van der Waals surface area (Å²) in [6.45, 7) is 8.78. The minimum atomic E-state index is -0.515. The first-order valence-electron chi connectivity index (χ1n) is 13.2. The van der Waals surface area contributed by atoms with Gasteiger partial charge in [0, 0.05) is 49.2 Å². The average molecular weight is 597 g/mol. The van der Waals surface area contributed by atoms with Crippen LogP contribution in [0.2, 0.25) is 15.1 Å². The molecule has 6 nitrogen and oxygen atoms in total. The van der Waals surface area contributed by atoms with Crippen molar-refractivity contribution < 1.29 is 14.3 Å². The van der Waals surface area contributed by atoms with Crippen molar-refractivity contribution in [3.8, 4) is 0 Å². The molecule has 4 rings (SSSR count). The zero-order valence-corrected chi connectivity index (χ0v) is 24.5. The van der Waals surface area contributed by atoms with Gasteiger partial charge in [-0.3, -0.25) is 4.79 Å². The van der Waals surface area contributed by atoms with E-state index in [0.717, 1.165) is 30.5 Å². The summed E-state index contributed by atoms with van der Waals surface area (Å²) < 4.78 is 5.55. The molecule has 2 amide bonds. The maximum Gasteiger partial charge on any atom is 0.410 e. The molecule has 1 unspecified atom stereocenters. The summed E-state index contributed by atoms with van der Waals surface area (Å²) in [6, 6.07) is 13.2. The molecule has 0 N–H and O–H groups in total. The van der Waals surface area contributed by atoms with Crippen LogP contribution in [-0.2, 0) is 9.53 Å². The number of piperazine rings is 1. The average Bonchev–Trinajstić information content (AvgIpc) is 2.87. The van der Waals surface area contributed by atoms with Crippen LogP contribution in [0, 0.1) is 5.92 Å². The van der Waals surface area contributed by atoms with E-state index in [0.29, 0.717) is 60.1 Å². The highest BCUT2D eigenvalue weighted by Crippen LogP contribution is 2.37. The maximum absolute atomic E-state index is 13.4. The molecule has 0 radical (unpaired) electrons. The van der Waals surface area contributed by atoms with Crippen molar-refractivity contribution in [3.05, 3.63) is 63.1 Å². The van der Waals surface area contributed by atoms with E-state index >= 15 is 0 Å². The minimum absolute atomic E-state index is 0. The quantitative estimate of drug-likeness (QED) is 0.350. The molecule has 2 fully saturated rings. The van der Waals surface area contributed by atoms with Gasteiger partial charge in [-0.2, -0.15) is 0 Å². The fraction of sp³-hybridized carbons (Fsp3) is 0.533. The molecular weight excluding hydrogens is 557 g/mol. The number of nitrogens with zero attached hydrogens (tertiary/aromatic N) is 3. The van der Waals surface area contributed by atoms with Crippen LogP contribution in [-0.4, -0.2) is 60.1 Å². The van der Waals surface area contributed by atoms with E-state index in [1.807, 2.05) is 62.1 Å². The van der Waals surface area contributed by atoms with Gasteiger partial charge in [0.2, 0.25) is 5.91 Å². The Kier molecular flexibility index (Phi) is 10.8. The van der Waals surface area contributed by atoms with Crippen molar-refractivity contribution in [2.24, 2.45) is 5.92 Å². The Labute approximate surface area is 248 Å². The van der Waals surface area contributed by atoms with Crippen LogP contribution < -0.4 is 4.90 Å². The molecule has 0 bridgehead atoms. The van der Waals surface area contributed by atoms with E-state index < -0.39 is 5.60 Å². The lowest BCUT2D eigenvalue weighted by Crippen LogP contribution is -2.51. The summed E-state index contributed by atoms with van der Waals surface area (Å²) >= 11 is 18.9. The fourth-order valence-electron chi connectivity index (χ4n) is 5.26. The molecule has 39 heavy (non-hydrogen) atoms. The van der Waals surface area contributed by atoms with Gasteiger partial charge in [0.05, 0.1) is 16.8 Å². The Morgan fingerprint density at radius 2 is 1.62 bits per heavy atom. The van der Waals surface area contributed by atoms with Crippen molar-refractivity contribution in [3.63, 3.8) is 0 Å². The van der Waals surface area contributed by atoms with Gasteiger partial charge >= 0.3 is 6.09 Å². The second-order valence-corrected chi connectivity index (χ2v) is 12.4. The Balaban J connectivity index is 0.00000420. The van der Waals surface area contributed by atoms with Crippen molar-refractivity contribution >= 4 is 52.5 Å². The topological polar surface area (TPSA) is 53.1 Å². The Bertz CT molecular complexity index is 1140. The molecule has 2 aromatic rings. The van der Waals surface area contributed by atoms with Gasteiger partial charge in [-0.1, -0.05) is 54.4 Å². The number of halogens is 3. The van der Waals surface area contributed by atoms with E-state index in [-0.39, 0.29) is 25.5 Å². The molecule has 0 aliphatic carbocycles. The highest BCUT2D eigenvalue weighted by Gasteiger charge is 2.33. The molecule has 2 saturated heterocycles. The summed E-state index contributed by atoms with van der Waals surface area (Å²) in [7, 11) is 0. The Morgan fingerprint density at radius 1 is 0.923 bits per heavy atom. The molecule has 0 saturated carbocycles. The number of piperidine rings is 1. The summed E-state index contributed by atoms with van der Waals surface area (Å²) in [5.74, 6) is 0.432. The second-order valence-electron chi connectivity index (χ2n) is 11.2. The molecule has 2 heterocycles. The lowest BCUT2D eigenvalue weighted by molar-refractivity contribution is -0.132. The molecule has 0 aromatic heterocycles. The van der Waals surface area contributed by atoms with Gasteiger partial charge in [-0.15, -0.1) is 0 Å². The van der Waals surface area contributed by atoms with Gasteiger partial charge in [-0.05, 0) is 81.8 Å². The van der Waals surface area contributed by atoms with Gasteiger partial charge in [0.25, 0.3) is 0 Å². The molecule has 2 aromatic carbocycles. The van der Waals surface area contributed by atoms with Crippen molar-refractivity contribution in [2.75, 3.05) is 37.6 Å². The zero-order valence-electron chi connectivity index (χ0n) is 22.3. The smallest absolute Gasteiger partial charge is 0.410 e. The minimum Gasteiger partial charge on any atom is -0.444 e. The molecule has 9 heteroatoms. The number of benzene rings is 2. The van der Waals surface area contributed by atoms with Crippen molar-refractivity contribution in [1.29, 1.82) is 0 Å². The molecular formula is C30H40Cl3N3O3. The SMILES string of the molecule is C.CC(C)(C)OC(=O)N1CCCC(CCC(=O)N2CCN(c3ccc(Cl)cc3Cl)[C@H](c3ccc(Cl)cc3)C2)C1. The number of ether oxygens (including phenoxy) is 1. The second kappa shape index (κ2) is 13.5. The first-order valence-corrected chi connectivity index (χ1v) is 14.4. The summed E-state index contributed by atoms with van der Waals surface area (Å²) in [5, 5.41) is 1.84. The van der Waals surface area contributed by atoms with E-state index in [9.17, 15) is 9.59 Å². The van der Waals surface area contributed by atoms with Gasteiger partial charge in [0.1, 0.15) is 5.60 Å². The Hall–Kier alpha value is -2.15. The van der Waals surface area contributed by atoms with Crippen LogP contribution in [0.25, 0.3) is 0 Å². The molecule has 2 aliphatic heterocycles. The van der Waals surface area contributed by atoms with E-state index in [1.54, 1.807) is 11.0 Å². The molecule has 2 atom stereocenters. The lowest BCUT2D eigenvalue weighted by Gasteiger charge is -2.43. The number of hydrogen-bond acceptors (Lipinski definition) is 4. The third-order valence-corrected chi connectivity index (χ3v) is 7.93. The van der Waals surface area contributed by atoms with Crippen molar-refractivity contribution in [2.45, 2.75) is 65.5 Å². The normalized spacial score (nSPS) is 19.9.